The minimum Gasteiger partial charge on any atom is -0.496 e. The monoisotopic (exact) mass is 419 g/mol. The Morgan fingerprint density at radius 1 is 1.28 bits per heavy atom. The second kappa shape index (κ2) is 8.75. The zero-order valence-corrected chi connectivity index (χ0v) is 17.3. The Morgan fingerprint density at radius 3 is 2.59 bits per heavy atom. The average molecular weight is 420 g/mol. The molecule has 9 nitrogen and oxygen atoms in total. The summed E-state index contributed by atoms with van der Waals surface area (Å²) in [6, 6.07) is 6.51. The third-order valence-corrected chi connectivity index (χ3v) is 6.69. The van der Waals surface area contributed by atoms with Gasteiger partial charge in [0.1, 0.15) is 11.6 Å². The first-order valence-electron chi connectivity index (χ1n) is 9.42. The van der Waals surface area contributed by atoms with E-state index in [-0.39, 0.29) is 29.1 Å². The molecule has 1 aliphatic heterocycles. The number of aromatic nitrogens is 2. The van der Waals surface area contributed by atoms with Crippen LogP contribution in [0.2, 0.25) is 0 Å². The highest BCUT2D eigenvalue weighted by molar-refractivity contribution is 7.92. The van der Waals surface area contributed by atoms with Gasteiger partial charge in [0, 0.05) is 6.20 Å². The Hall–Kier alpha value is -2.72. The highest BCUT2D eigenvalue weighted by Gasteiger charge is 2.33. The number of anilines is 2. The number of para-hydroxylation sites is 1. The number of hydrogen-bond acceptors (Lipinski definition) is 8. The number of sulfonamides is 1. The number of rotatable bonds is 7. The van der Waals surface area contributed by atoms with Crippen LogP contribution in [0.3, 0.4) is 0 Å². The molecule has 1 aliphatic rings. The normalized spacial score (nSPS) is 15.1. The second-order valence-electron chi connectivity index (χ2n) is 6.68. The molecule has 0 spiro atoms. The summed E-state index contributed by atoms with van der Waals surface area (Å²) < 4.78 is 32.0. The number of nitrogens with zero attached hydrogens (tertiary/aromatic N) is 3. The summed E-state index contributed by atoms with van der Waals surface area (Å²) in [6.45, 7) is 2.99. The molecule has 0 amide bonds. The molecule has 0 bridgehead atoms. The van der Waals surface area contributed by atoms with Crippen LogP contribution in [0.5, 0.6) is 5.75 Å². The van der Waals surface area contributed by atoms with Gasteiger partial charge in [-0.3, -0.25) is 4.79 Å². The number of carbonyl (C=O) groups excluding carboxylic acids is 1. The van der Waals surface area contributed by atoms with Crippen molar-refractivity contribution in [3.05, 3.63) is 41.6 Å². The van der Waals surface area contributed by atoms with E-state index in [1.165, 1.54) is 17.6 Å². The fraction of sp³-hybridized carbons (Fsp3) is 0.421. The Balaban J connectivity index is 1.99. The Morgan fingerprint density at radius 2 is 1.97 bits per heavy atom. The number of methoxy groups -OCH3 is 1. The number of nitrogen functional groups attached to an aromatic ring is 1. The summed E-state index contributed by atoms with van der Waals surface area (Å²) >= 11 is 0. The fourth-order valence-electron chi connectivity index (χ4n) is 3.34. The molecule has 0 aliphatic carbocycles. The van der Waals surface area contributed by atoms with E-state index in [0.29, 0.717) is 37.2 Å². The molecule has 3 N–H and O–H groups in total. The van der Waals surface area contributed by atoms with Crippen LogP contribution in [0.1, 0.15) is 35.7 Å². The lowest BCUT2D eigenvalue weighted by atomic mass is 10.0. The number of benzene rings is 1. The van der Waals surface area contributed by atoms with Crippen LogP contribution in [-0.2, 0) is 10.0 Å². The summed E-state index contributed by atoms with van der Waals surface area (Å²) in [6.07, 6.45) is 2.57. The zero-order chi connectivity index (χ0) is 21.0. The summed E-state index contributed by atoms with van der Waals surface area (Å²) in [7, 11) is -2.13. The van der Waals surface area contributed by atoms with Gasteiger partial charge in [-0.1, -0.05) is 12.1 Å². The number of ether oxygens (including phenoxy) is 1. The SMILES string of the molecule is CCS(=O)(=O)N(c1ncc(C(=O)c2ccccc2OC)c(N)n1)C1CCNCC1. The van der Waals surface area contributed by atoms with E-state index in [1.807, 2.05) is 0 Å². The van der Waals surface area contributed by atoms with E-state index in [1.54, 1.807) is 31.2 Å². The van der Waals surface area contributed by atoms with Crippen molar-refractivity contribution in [2.45, 2.75) is 25.8 Å². The lowest BCUT2D eigenvalue weighted by molar-refractivity contribution is 0.103. The van der Waals surface area contributed by atoms with E-state index in [2.05, 4.69) is 15.3 Å². The van der Waals surface area contributed by atoms with E-state index in [0.717, 1.165) is 0 Å². The Kier molecular flexibility index (Phi) is 6.33. The molecule has 2 heterocycles. The quantitative estimate of drug-likeness (QED) is 0.641. The fourth-order valence-corrected chi connectivity index (χ4v) is 4.62. The smallest absolute Gasteiger partial charge is 0.241 e. The van der Waals surface area contributed by atoms with Crippen LogP contribution < -0.4 is 20.1 Å². The van der Waals surface area contributed by atoms with Crippen LogP contribution >= 0.6 is 0 Å². The standard InChI is InChI=1S/C19H25N5O4S/c1-3-29(26,27)24(13-8-10-21-11-9-13)19-22-12-15(18(20)23-19)17(25)14-6-4-5-7-16(14)28-2/h4-7,12-13,21H,3,8-11H2,1-2H3,(H2,20,22,23). The van der Waals surface area contributed by atoms with Gasteiger partial charge in [0.2, 0.25) is 21.8 Å². The van der Waals surface area contributed by atoms with Crippen molar-refractivity contribution in [2.75, 3.05) is 36.0 Å². The van der Waals surface area contributed by atoms with Gasteiger partial charge in [0.25, 0.3) is 0 Å². The third kappa shape index (κ3) is 4.33. The van der Waals surface area contributed by atoms with E-state index < -0.39 is 15.8 Å². The summed E-state index contributed by atoms with van der Waals surface area (Å²) in [5.41, 5.74) is 6.48. The van der Waals surface area contributed by atoms with Crippen LogP contribution in [-0.4, -0.2) is 56.2 Å². The molecule has 1 fully saturated rings. The molecule has 3 rings (SSSR count). The first-order chi connectivity index (χ1) is 13.9. The number of carbonyl (C=O) groups is 1. The minimum atomic E-state index is -3.61. The highest BCUT2D eigenvalue weighted by Crippen LogP contribution is 2.27. The maximum absolute atomic E-state index is 12.9. The molecule has 1 aromatic carbocycles. The summed E-state index contributed by atoms with van der Waals surface area (Å²) in [5.74, 6) is -0.143. The van der Waals surface area contributed by atoms with Gasteiger partial charge in [0.05, 0.1) is 30.0 Å². The molecular formula is C19H25N5O4S. The van der Waals surface area contributed by atoms with Crippen molar-refractivity contribution in [1.29, 1.82) is 0 Å². The lowest BCUT2D eigenvalue weighted by Crippen LogP contribution is -2.47. The number of ketones is 1. The van der Waals surface area contributed by atoms with Crippen LogP contribution in [0.4, 0.5) is 11.8 Å². The Bertz CT molecular complexity index is 990. The second-order valence-corrected chi connectivity index (χ2v) is 8.81. The largest absolute Gasteiger partial charge is 0.496 e. The van der Waals surface area contributed by atoms with Crippen molar-refractivity contribution in [3.63, 3.8) is 0 Å². The lowest BCUT2D eigenvalue weighted by Gasteiger charge is -2.33. The first kappa shape index (κ1) is 21.0. The van der Waals surface area contributed by atoms with Crippen LogP contribution in [0.25, 0.3) is 0 Å². The van der Waals surface area contributed by atoms with Gasteiger partial charge in [-0.15, -0.1) is 0 Å². The first-order valence-corrected chi connectivity index (χ1v) is 11.0. The van der Waals surface area contributed by atoms with E-state index in [9.17, 15) is 13.2 Å². The highest BCUT2D eigenvalue weighted by atomic mass is 32.2. The molecule has 10 heteroatoms. The number of hydrogen-bond donors (Lipinski definition) is 2. The van der Waals surface area contributed by atoms with Gasteiger partial charge < -0.3 is 15.8 Å². The van der Waals surface area contributed by atoms with Gasteiger partial charge in [-0.25, -0.2) is 17.7 Å². The predicted octanol–water partition coefficient (Wildman–Crippen LogP) is 1.21. The van der Waals surface area contributed by atoms with Gasteiger partial charge in [0.15, 0.2) is 0 Å². The Labute approximate surface area is 170 Å². The summed E-state index contributed by atoms with van der Waals surface area (Å²) in [4.78, 5) is 21.3. The van der Waals surface area contributed by atoms with Gasteiger partial charge in [-0.05, 0) is 45.0 Å². The third-order valence-electron chi connectivity index (χ3n) is 4.90. The van der Waals surface area contributed by atoms with Crippen molar-refractivity contribution in [2.24, 2.45) is 0 Å². The molecule has 0 unspecified atom stereocenters. The molecule has 29 heavy (non-hydrogen) atoms. The molecule has 156 valence electrons. The average Bonchev–Trinajstić information content (AvgIpc) is 2.74. The van der Waals surface area contributed by atoms with Crippen molar-refractivity contribution < 1.29 is 17.9 Å². The number of piperidine rings is 1. The summed E-state index contributed by atoms with van der Waals surface area (Å²) in [5, 5.41) is 3.21. The maximum atomic E-state index is 12.9. The molecule has 0 atom stereocenters. The maximum Gasteiger partial charge on any atom is 0.241 e. The number of nitrogens with one attached hydrogen (secondary N) is 1. The van der Waals surface area contributed by atoms with Crippen LogP contribution in [0.15, 0.2) is 30.5 Å². The molecule has 0 saturated carbocycles. The van der Waals surface area contributed by atoms with E-state index >= 15 is 0 Å². The van der Waals surface area contributed by atoms with Crippen molar-refractivity contribution >= 4 is 27.6 Å². The number of nitrogens with two attached hydrogens (primary N) is 1. The topological polar surface area (TPSA) is 128 Å². The molecule has 1 aromatic heterocycles. The predicted molar refractivity (Wildman–Crippen MR) is 111 cm³/mol. The van der Waals surface area contributed by atoms with Crippen molar-refractivity contribution in [1.82, 2.24) is 15.3 Å². The molecule has 1 saturated heterocycles. The van der Waals surface area contributed by atoms with Gasteiger partial charge >= 0.3 is 0 Å². The van der Waals surface area contributed by atoms with Crippen LogP contribution in [0, 0.1) is 0 Å². The van der Waals surface area contributed by atoms with E-state index in [4.69, 9.17) is 10.5 Å². The van der Waals surface area contributed by atoms with Gasteiger partial charge in [-0.2, -0.15) is 4.98 Å². The molecule has 2 aromatic rings. The van der Waals surface area contributed by atoms with Crippen molar-refractivity contribution in [3.8, 4) is 5.75 Å². The minimum absolute atomic E-state index is 0.00664. The molecule has 0 radical (unpaired) electrons. The zero-order valence-electron chi connectivity index (χ0n) is 16.5. The molecular weight excluding hydrogens is 394 g/mol.